The minimum Gasteiger partial charge on any atom is -0.480 e. The summed E-state index contributed by atoms with van der Waals surface area (Å²) in [7, 11) is 0. The van der Waals surface area contributed by atoms with Crippen LogP contribution >= 0.6 is 0 Å². The largest absolute Gasteiger partial charge is 0.480 e. The smallest absolute Gasteiger partial charge is 0.408 e. The van der Waals surface area contributed by atoms with Crippen LogP contribution in [0.15, 0.2) is 35.5 Å². The van der Waals surface area contributed by atoms with Gasteiger partial charge in [-0.1, -0.05) is 41.5 Å². The molecule has 0 aromatic heterocycles. The monoisotopic (exact) mass is 332 g/mol. The first-order valence-corrected chi connectivity index (χ1v) is 7.25. The number of azide groups is 1. The molecule has 0 heterocycles. The van der Waals surface area contributed by atoms with Crippen molar-refractivity contribution in [1.29, 1.82) is 0 Å². The van der Waals surface area contributed by atoms with Gasteiger partial charge in [-0.3, -0.25) is 0 Å². The van der Waals surface area contributed by atoms with Gasteiger partial charge in [0.15, 0.2) is 0 Å². The van der Waals surface area contributed by atoms with Gasteiger partial charge in [0.2, 0.25) is 0 Å². The minimum atomic E-state index is -1.15. The first kappa shape index (κ1) is 19.1. The Balaban J connectivity index is 2.64. The van der Waals surface area contributed by atoms with E-state index in [1.54, 1.807) is 57.2 Å². The second kappa shape index (κ2) is 8.59. The van der Waals surface area contributed by atoms with Gasteiger partial charge in [0.05, 0.1) is 0 Å². The number of rotatable bonds is 6. The van der Waals surface area contributed by atoms with Crippen LogP contribution in [0.4, 0.5) is 10.5 Å². The molecule has 2 N–H and O–H groups in total. The van der Waals surface area contributed by atoms with Crippen LogP contribution in [-0.4, -0.2) is 28.8 Å². The molecule has 1 rings (SSSR count). The number of nitrogens with zero attached hydrogens (tertiary/aromatic N) is 3. The van der Waals surface area contributed by atoms with Gasteiger partial charge in [-0.05, 0) is 38.3 Å². The predicted molar refractivity (Wildman–Crippen MR) is 89.7 cm³/mol. The number of hydrogen-bond donors (Lipinski definition) is 2. The van der Waals surface area contributed by atoms with E-state index in [1.165, 1.54) is 0 Å². The number of carboxylic acids is 1. The van der Waals surface area contributed by atoms with Crippen LogP contribution in [0.25, 0.3) is 16.5 Å². The third kappa shape index (κ3) is 7.33. The molecule has 0 aliphatic carbocycles. The highest BCUT2D eigenvalue weighted by molar-refractivity contribution is 5.80. The number of aliphatic carboxylic acids is 1. The molecule has 0 radical (unpaired) electrons. The van der Waals surface area contributed by atoms with Crippen molar-refractivity contribution >= 4 is 23.8 Å². The van der Waals surface area contributed by atoms with Gasteiger partial charge in [0, 0.05) is 10.6 Å². The molecule has 0 spiro atoms. The molecule has 1 aromatic rings. The van der Waals surface area contributed by atoms with E-state index >= 15 is 0 Å². The fraction of sp³-hybridized carbons (Fsp3) is 0.375. The van der Waals surface area contributed by atoms with Crippen LogP contribution in [0.5, 0.6) is 0 Å². The third-order valence-electron chi connectivity index (χ3n) is 2.72. The van der Waals surface area contributed by atoms with E-state index < -0.39 is 23.7 Å². The molecule has 24 heavy (non-hydrogen) atoms. The Morgan fingerprint density at radius 2 is 2.00 bits per heavy atom. The molecule has 1 aromatic carbocycles. The molecule has 8 nitrogen and oxygen atoms in total. The number of alkyl carbamates (subject to hydrolysis) is 1. The van der Waals surface area contributed by atoms with Crippen molar-refractivity contribution < 1.29 is 19.4 Å². The van der Waals surface area contributed by atoms with Crippen LogP contribution in [-0.2, 0) is 9.53 Å². The molecule has 128 valence electrons. The lowest BCUT2D eigenvalue weighted by atomic mass is 10.1. The first-order valence-electron chi connectivity index (χ1n) is 7.25. The van der Waals surface area contributed by atoms with Crippen LogP contribution in [0.3, 0.4) is 0 Å². The molecule has 0 saturated carbocycles. The molecule has 0 unspecified atom stereocenters. The maximum Gasteiger partial charge on any atom is 0.408 e. The zero-order valence-electron chi connectivity index (χ0n) is 13.8. The highest BCUT2D eigenvalue weighted by atomic mass is 16.6. The first-order chi connectivity index (χ1) is 11.2. The molecular weight excluding hydrogens is 312 g/mol. The van der Waals surface area contributed by atoms with Crippen LogP contribution < -0.4 is 5.32 Å². The average Bonchev–Trinajstić information content (AvgIpc) is 2.46. The number of nitrogens with one attached hydrogen (secondary N) is 1. The van der Waals surface area contributed by atoms with Crippen LogP contribution in [0.2, 0.25) is 0 Å². The summed E-state index contributed by atoms with van der Waals surface area (Å²) in [5.41, 5.74) is 8.94. The Hall–Kier alpha value is -2.99. The number of carbonyl (C=O) groups excluding carboxylic acids is 1. The summed E-state index contributed by atoms with van der Waals surface area (Å²) in [4.78, 5) is 25.5. The van der Waals surface area contributed by atoms with Gasteiger partial charge in [-0.25, -0.2) is 9.59 Å². The van der Waals surface area contributed by atoms with E-state index in [-0.39, 0.29) is 6.42 Å². The van der Waals surface area contributed by atoms with Gasteiger partial charge in [-0.2, -0.15) is 0 Å². The topological polar surface area (TPSA) is 124 Å². The molecule has 0 aliphatic heterocycles. The Morgan fingerprint density at radius 3 is 2.50 bits per heavy atom. The zero-order valence-corrected chi connectivity index (χ0v) is 13.8. The lowest BCUT2D eigenvalue weighted by molar-refractivity contribution is -0.139. The molecule has 0 saturated heterocycles. The average molecular weight is 332 g/mol. The lowest BCUT2D eigenvalue weighted by Gasteiger charge is -2.21. The minimum absolute atomic E-state index is 0.104. The fourth-order valence-corrected chi connectivity index (χ4v) is 1.72. The van der Waals surface area contributed by atoms with Gasteiger partial charge in [-0.15, -0.1) is 0 Å². The molecule has 0 bridgehead atoms. The van der Waals surface area contributed by atoms with Crippen molar-refractivity contribution in [1.82, 2.24) is 5.32 Å². The highest BCUT2D eigenvalue weighted by Crippen LogP contribution is 2.14. The number of carboxylic acid groups (broad SMARTS) is 1. The second-order valence-electron chi connectivity index (χ2n) is 5.96. The maximum atomic E-state index is 11.6. The normalized spacial score (nSPS) is 12.3. The number of hydrogen-bond acceptors (Lipinski definition) is 4. The second-order valence-corrected chi connectivity index (χ2v) is 5.96. The number of ether oxygens (including phenoxy) is 1. The predicted octanol–water partition coefficient (Wildman–Crippen LogP) is 4.01. The standard InChI is InChI=1S/C16H20N4O4/c1-16(2,3)24-15(23)18-13(14(21)22)6-4-5-11-7-9-12(10-8-11)19-20-17/h4-5,7-10,13H,6H2,1-3H3,(H,18,23)(H,21,22)/b5-4+/t13-/m0/s1. The fourth-order valence-electron chi connectivity index (χ4n) is 1.72. The molecular formula is C16H20N4O4. The summed E-state index contributed by atoms with van der Waals surface area (Å²) in [6, 6.07) is 5.67. The van der Waals surface area contributed by atoms with Crippen molar-refractivity contribution in [3.8, 4) is 0 Å². The Morgan fingerprint density at radius 1 is 1.38 bits per heavy atom. The Kier molecular flexibility index (Phi) is 6.82. The molecule has 8 heteroatoms. The Labute approximate surface area is 139 Å². The van der Waals surface area contributed by atoms with E-state index in [1.807, 2.05) is 0 Å². The number of carbonyl (C=O) groups is 2. The van der Waals surface area contributed by atoms with Crippen LogP contribution in [0.1, 0.15) is 32.8 Å². The molecule has 1 amide bonds. The number of benzene rings is 1. The molecule has 0 fully saturated rings. The summed E-state index contributed by atoms with van der Waals surface area (Å²) >= 11 is 0. The number of amides is 1. The lowest BCUT2D eigenvalue weighted by Crippen LogP contribution is -2.43. The van der Waals surface area contributed by atoms with Gasteiger partial charge in [0.1, 0.15) is 11.6 Å². The summed E-state index contributed by atoms with van der Waals surface area (Å²) in [6.07, 6.45) is 2.68. The van der Waals surface area contributed by atoms with E-state index in [4.69, 9.17) is 15.4 Å². The van der Waals surface area contributed by atoms with Crippen molar-refractivity contribution in [3.05, 3.63) is 46.3 Å². The van der Waals surface area contributed by atoms with Gasteiger partial charge < -0.3 is 15.2 Å². The summed E-state index contributed by atoms with van der Waals surface area (Å²) in [5, 5.41) is 14.9. The summed E-state index contributed by atoms with van der Waals surface area (Å²) in [5.74, 6) is -1.15. The van der Waals surface area contributed by atoms with Gasteiger partial charge in [0.25, 0.3) is 0 Å². The van der Waals surface area contributed by atoms with E-state index in [0.29, 0.717) is 5.69 Å². The van der Waals surface area contributed by atoms with Crippen molar-refractivity contribution in [3.63, 3.8) is 0 Å². The van der Waals surface area contributed by atoms with Gasteiger partial charge >= 0.3 is 12.1 Å². The van der Waals surface area contributed by atoms with E-state index in [9.17, 15) is 9.59 Å². The van der Waals surface area contributed by atoms with Crippen LogP contribution in [0, 0.1) is 0 Å². The highest BCUT2D eigenvalue weighted by Gasteiger charge is 2.22. The van der Waals surface area contributed by atoms with Crippen molar-refractivity contribution in [2.24, 2.45) is 5.11 Å². The Bertz CT molecular complexity index is 656. The van der Waals surface area contributed by atoms with E-state index in [2.05, 4.69) is 15.3 Å². The molecule has 0 aliphatic rings. The third-order valence-corrected chi connectivity index (χ3v) is 2.72. The SMILES string of the molecule is CC(C)(C)OC(=O)N[C@@H](C/C=C/c1ccc(N=[N+]=[N-])cc1)C(=O)O. The van der Waals surface area contributed by atoms with Crippen molar-refractivity contribution in [2.75, 3.05) is 0 Å². The summed E-state index contributed by atoms with van der Waals surface area (Å²) in [6.45, 7) is 5.09. The van der Waals surface area contributed by atoms with E-state index in [0.717, 1.165) is 5.56 Å². The summed E-state index contributed by atoms with van der Waals surface area (Å²) < 4.78 is 5.04. The quantitative estimate of drug-likeness (QED) is 0.464. The maximum absolute atomic E-state index is 11.6. The molecule has 1 atom stereocenters. The van der Waals surface area contributed by atoms with Crippen molar-refractivity contribution in [2.45, 2.75) is 38.8 Å². The zero-order chi connectivity index (χ0) is 18.2.